The van der Waals surface area contributed by atoms with Gasteiger partial charge in [-0.15, -0.1) is 5.10 Å². The van der Waals surface area contributed by atoms with Gasteiger partial charge in [0.1, 0.15) is 11.6 Å². The number of benzene rings is 2. The van der Waals surface area contributed by atoms with Gasteiger partial charge in [-0.05, 0) is 30.2 Å². The molecule has 0 bridgehead atoms. The summed E-state index contributed by atoms with van der Waals surface area (Å²) in [4.78, 5) is 0. The van der Waals surface area contributed by atoms with Crippen LogP contribution in [-0.2, 0) is 0 Å². The van der Waals surface area contributed by atoms with Gasteiger partial charge >= 0.3 is 0 Å². The molecule has 146 valence electrons. The normalized spacial score (nSPS) is 15.3. The Balaban J connectivity index is 1.92. The molecule has 1 aliphatic heterocycles. The van der Waals surface area contributed by atoms with Gasteiger partial charge in [-0.2, -0.15) is 5.26 Å². The van der Waals surface area contributed by atoms with Gasteiger partial charge < -0.3 is 19.9 Å². The highest BCUT2D eigenvalue weighted by atomic mass is 16.5. The lowest BCUT2D eigenvalue weighted by Gasteiger charge is -2.24. The first-order valence-corrected chi connectivity index (χ1v) is 9.19. The number of ether oxygens (including phenoxy) is 3. The van der Waals surface area contributed by atoms with Gasteiger partial charge in [0.25, 0.3) is 0 Å². The van der Waals surface area contributed by atoms with Crippen molar-refractivity contribution >= 4 is 0 Å². The molecule has 3 N–H and O–H groups in total. The van der Waals surface area contributed by atoms with Crippen molar-refractivity contribution in [2.75, 3.05) is 13.7 Å². The van der Waals surface area contributed by atoms with Gasteiger partial charge in [0.2, 0.25) is 11.8 Å². The first-order valence-electron chi connectivity index (χ1n) is 9.19. The van der Waals surface area contributed by atoms with Crippen molar-refractivity contribution in [3.05, 3.63) is 71.1 Å². The molecule has 29 heavy (non-hydrogen) atoms. The summed E-state index contributed by atoms with van der Waals surface area (Å²) in [5.41, 5.74) is 9.68. The Kier molecular flexibility index (Phi) is 4.83. The lowest BCUT2D eigenvalue weighted by molar-refractivity contribution is 0.310. The number of aromatic amines is 1. The molecule has 1 aliphatic rings. The predicted octanol–water partition coefficient (Wildman–Crippen LogP) is 3.70. The molecular weight excluding hydrogens is 368 g/mol. The Morgan fingerprint density at radius 3 is 2.69 bits per heavy atom. The SMILES string of the molecule is CCOc1cc([C@H]2C(C#N)=C(N)Oc3n[nH]c(-c4ccccc4)c32)ccc1OC. The molecule has 0 radical (unpaired) electrons. The van der Waals surface area contributed by atoms with E-state index in [0.717, 1.165) is 22.4 Å². The summed E-state index contributed by atoms with van der Waals surface area (Å²) in [6.07, 6.45) is 0. The van der Waals surface area contributed by atoms with Gasteiger partial charge in [0.05, 0.1) is 30.9 Å². The fourth-order valence-corrected chi connectivity index (χ4v) is 3.54. The summed E-state index contributed by atoms with van der Waals surface area (Å²) in [6.45, 7) is 2.39. The molecule has 0 spiro atoms. The van der Waals surface area contributed by atoms with E-state index in [0.29, 0.717) is 29.6 Å². The van der Waals surface area contributed by atoms with E-state index in [1.54, 1.807) is 7.11 Å². The zero-order valence-electron chi connectivity index (χ0n) is 16.1. The summed E-state index contributed by atoms with van der Waals surface area (Å²) in [5, 5.41) is 17.2. The highest BCUT2D eigenvalue weighted by molar-refractivity contribution is 5.71. The molecule has 4 rings (SSSR count). The van der Waals surface area contributed by atoms with Gasteiger partial charge in [-0.1, -0.05) is 36.4 Å². The van der Waals surface area contributed by atoms with Gasteiger partial charge in [0, 0.05) is 0 Å². The van der Waals surface area contributed by atoms with Crippen molar-refractivity contribution in [1.29, 1.82) is 5.26 Å². The number of nitrogens with zero attached hydrogens (tertiary/aromatic N) is 2. The van der Waals surface area contributed by atoms with Crippen LogP contribution in [0.4, 0.5) is 0 Å². The Labute approximate surface area is 168 Å². The number of fused-ring (bicyclic) bond motifs is 1. The van der Waals surface area contributed by atoms with E-state index in [1.165, 1.54) is 0 Å². The topological polar surface area (TPSA) is 106 Å². The number of methoxy groups -OCH3 is 1. The number of nitrogens with two attached hydrogens (primary N) is 1. The predicted molar refractivity (Wildman–Crippen MR) is 107 cm³/mol. The van der Waals surface area contributed by atoms with Crippen molar-refractivity contribution < 1.29 is 14.2 Å². The Morgan fingerprint density at radius 1 is 1.21 bits per heavy atom. The number of nitrogens with one attached hydrogen (secondary N) is 1. The molecule has 7 heteroatoms. The highest BCUT2D eigenvalue weighted by Gasteiger charge is 2.36. The van der Waals surface area contributed by atoms with E-state index < -0.39 is 5.92 Å². The highest BCUT2D eigenvalue weighted by Crippen LogP contribution is 2.46. The van der Waals surface area contributed by atoms with E-state index >= 15 is 0 Å². The standard InChI is InChI=1S/C22H20N4O3/c1-3-28-17-11-14(9-10-16(17)27-2)18-15(12-23)21(24)29-22-19(18)20(25-26-22)13-7-5-4-6-8-13/h4-11,18H,3,24H2,1-2H3,(H,25,26)/t18-/m0/s1. The van der Waals surface area contributed by atoms with Crippen molar-refractivity contribution in [1.82, 2.24) is 10.2 Å². The van der Waals surface area contributed by atoms with E-state index in [1.807, 2.05) is 55.5 Å². The molecular formula is C22H20N4O3. The van der Waals surface area contributed by atoms with Crippen molar-refractivity contribution in [3.63, 3.8) is 0 Å². The maximum atomic E-state index is 9.84. The number of hydrogen-bond donors (Lipinski definition) is 2. The minimum absolute atomic E-state index is 0.0462. The first kappa shape index (κ1) is 18.4. The third-order valence-electron chi connectivity index (χ3n) is 4.82. The van der Waals surface area contributed by atoms with Crippen LogP contribution < -0.4 is 19.9 Å². The Morgan fingerprint density at radius 2 is 2.00 bits per heavy atom. The molecule has 0 unspecified atom stereocenters. The van der Waals surface area contributed by atoms with Gasteiger partial charge in [-0.25, -0.2) is 0 Å². The van der Waals surface area contributed by atoms with E-state index in [-0.39, 0.29) is 5.88 Å². The second kappa shape index (κ2) is 7.60. The van der Waals surface area contributed by atoms with Crippen LogP contribution in [-0.4, -0.2) is 23.9 Å². The van der Waals surface area contributed by atoms with Crippen LogP contribution in [0.15, 0.2) is 60.0 Å². The maximum Gasteiger partial charge on any atom is 0.244 e. The molecule has 2 heterocycles. The second-order valence-electron chi connectivity index (χ2n) is 6.45. The van der Waals surface area contributed by atoms with Crippen LogP contribution in [0, 0.1) is 11.3 Å². The van der Waals surface area contributed by atoms with Crippen LogP contribution in [0.5, 0.6) is 17.4 Å². The van der Waals surface area contributed by atoms with E-state index in [4.69, 9.17) is 19.9 Å². The number of rotatable bonds is 5. The van der Waals surface area contributed by atoms with E-state index in [9.17, 15) is 5.26 Å². The smallest absolute Gasteiger partial charge is 0.244 e. The lowest BCUT2D eigenvalue weighted by atomic mass is 9.83. The minimum atomic E-state index is -0.456. The van der Waals surface area contributed by atoms with Crippen molar-refractivity contribution in [2.45, 2.75) is 12.8 Å². The van der Waals surface area contributed by atoms with Crippen LogP contribution in [0.3, 0.4) is 0 Å². The summed E-state index contributed by atoms with van der Waals surface area (Å²) in [5.74, 6) is 1.17. The molecule has 0 aliphatic carbocycles. The first-order chi connectivity index (χ1) is 14.2. The summed E-state index contributed by atoms with van der Waals surface area (Å²) in [6, 6.07) is 17.6. The Hall–Kier alpha value is -3.92. The van der Waals surface area contributed by atoms with E-state index in [2.05, 4.69) is 16.3 Å². The number of H-pyrrole nitrogens is 1. The third-order valence-corrected chi connectivity index (χ3v) is 4.82. The number of aromatic nitrogens is 2. The monoisotopic (exact) mass is 388 g/mol. The number of allylic oxidation sites excluding steroid dienone is 1. The molecule has 0 saturated carbocycles. The molecule has 1 aromatic heterocycles. The summed E-state index contributed by atoms with van der Waals surface area (Å²) >= 11 is 0. The lowest BCUT2D eigenvalue weighted by Crippen LogP contribution is -2.21. The molecule has 0 fully saturated rings. The van der Waals surface area contributed by atoms with Crippen LogP contribution >= 0.6 is 0 Å². The van der Waals surface area contributed by atoms with Gasteiger partial charge in [0.15, 0.2) is 11.5 Å². The zero-order valence-corrected chi connectivity index (χ0v) is 16.1. The average molecular weight is 388 g/mol. The second-order valence-corrected chi connectivity index (χ2v) is 6.45. The van der Waals surface area contributed by atoms with Crippen LogP contribution in [0.2, 0.25) is 0 Å². The van der Waals surface area contributed by atoms with Gasteiger partial charge in [-0.3, -0.25) is 5.10 Å². The number of nitriles is 1. The van der Waals surface area contributed by atoms with Crippen molar-refractivity contribution in [3.8, 4) is 34.7 Å². The third kappa shape index (κ3) is 3.15. The molecule has 0 amide bonds. The minimum Gasteiger partial charge on any atom is -0.493 e. The summed E-state index contributed by atoms with van der Waals surface area (Å²) in [7, 11) is 1.59. The molecule has 7 nitrogen and oxygen atoms in total. The quantitative estimate of drug-likeness (QED) is 0.690. The fraction of sp³-hybridized carbons (Fsp3) is 0.182. The van der Waals surface area contributed by atoms with Crippen LogP contribution in [0.25, 0.3) is 11.3 Å². The Bertz CT molecular complexity index is 1110. The molecule has 2 aromatic carbocycles. The number of hydrogen-bond acceptors (Lipinski definition) is 6. The van der Waals surface area contributed by atoms with Crippen LogP contribution in [0.1, 0.15) is 24.0 Å². The maximum absolute atomic E-state index is 9.84. The zero-order chi connectivity index (χ0) is 20.4. The largest absolute Gasteiger partial charge is 0.493 e. The summed E-state index contributed by atoms with van der Waals surface area (Å²) < 4.78 is 16.8. The molecule has 1 atom stereocenters. The average Bonchev–Trinajstić information content (AvgIpc) is 3.17. The van der Waals surface area contributed by atoms with Crippen molar-refractivity contribution in [2.24, 2.45) is 5.73 Å². The molecule has 3 aromatic rings. The molecule has 0 saturated heterocycles. The fourth-order valence-electron chi connectivity index (χ4n) is 3.54.